The maximum atomic E-state index is 11.3. The quantitative estimate of drug-likeness (QED) is 0.702. The van der Waals surface area contributed by atoms with E-state index in [1.54, 1.807) is 0 Å². The molecule has 0 amide bonds. The van der Waals surface area contributed by atoms with Crippen molar-refractivity contribution in [3.63, 3.8) is 0 Å². The van der Waals surface area contributed by atoms with Gasteiger partial charge < -0.3 is 5.73 Å². The van der Waals surface area contributed by atoms with Crippen molar-refractivity contribution >= 4 is 9.84 Å². The highest BCUT2D eigenvalue weighted by molar-refractivity contribution is 7.91. The molecule has 1 fully saturated rings. The van der Waals surface area contributed by atoms with Crippen molar-refractivity contribution in [3.8, 4) is 0 Å². The molecule has 14 heavy (non-hydrogen) atoms. The van der Waals surface area contributed by atoms with Gasteiger partial charge in [-0.1, -0.05) is 0 Å². The van der Waals surface area contributed by atoms with Crippen LogP contribution >= 0.6 is 0 Å². The fourth-order valence-corrected chi connectivity index (χ4v) is 3.50. The molecule has 1 rings (SSSR count). The van der Waals surface area contributed by atoms with E-state index in [9.17, 15) is 8.42 Å². The minimum Gasteiger partial charge on any atom is -0.327 e. The molecule has 2 N–H and O–H groups in total. The highest BCUT2D eigenvalue weighted by Gasteiger charge is 2.31. The van der Waals surface area contributed by atoms with Crippen LogP contribution in [0.15, 0.2) is 0 Å². The Labute approximate surface area is 86.4 Å². The molecule has 0 aliphatic carbocycles. The summed E-state index contributed by atoms with van der Waals surface area (Å²) in [6.07, 6.45) is 0. The van der Waals surface area contributed by atoms with E-state index in [1.807, 2.05) is 13.8 Å². The van der Waals surface area contributed by atoms with Crippen molar-refractivity contribution < 1.29 is 8.42 Å². The maximum Gasteiger partial charge on any atom is 0.153 e. The summed E-state index contributed by atoms with van der Waals surface area (Å²) in [6, 6.07) is 0.425. The van der Waals surface area contributed by atoms with E-state index in [0.29, 0.717) is 6.54 Å². The molecule has 1 aliphatic heterocycles. The van der Waals surface area contributed by atoms with E-state index < -0.39 is 9.84 Å². The zero-order valence-electron chi connectivity index (χ0n) is 9.10. The highest BCUT2D eigenvalue weighted by Crippen LogP contribution is 2.15. The first kappa shape index (κ1) is 11.9. The van der Waals surface area contributed by atoms with Crippen LogP contribution in [0.25, 0.3) is 0 Å². The van der Waals surface area contributed by atoms with Crippen molar-refractivity contribution in [1.82, 2.24) is 4.90 Å². The van der Waals surface area contributed by atoms with Crippen LogP contribution in [0.3, 0.4) is 0 Å². The molecule has 1 saturated heterocycles. The molecule has 0 spiro atoms. The Bertz CT molecular complexity index is 287. The van der Waals surface area contributed by atoms with Crippen LogP contribution in [0.5, 0.6) is 0 Å². The van der Waals surface area contributed by atoms with E-state index in [-0.39, 0.29) is 29.6 Å². The molecule has 0 saturated carbocycles. The fraction of sp³-hybridized carbons (Fsp3) is 1.00. The van der Waals surface area contributed by atoms with Crippen LogP contribution in [-0.2, 0) is 9.84 Å². The molecular formula is C9H20N2O2S. The van der Waals surface area contributed by atoms with Crippen LogP contribution in [0.4, 0.5) is 0 Å². The summed E-state index contributed by atoms with van der Waals surface area (Å²) in [7, 11) is -2.81. The van der Waals surface area contributed by atoms with Crippen LogP contribution in [0.2, 0.25) is 0 Å². The lowest BCUT2D eigenvalue weighted by atomic mass is 10.1. The van der Waals surface area contributed by atoms with Gasteiger partial charge >= 0.3 is 0 Å². The number of hydrogen-bond acceptors (Lipinski definition) is 4. The Morgan fingerprint density at radius 1 is 1.43 bits per heavy atom. The molecule has 1 heterocycles. The van der Waals surface area contributed by atoms with E-state index in [0.717, 1.165) is 0 Å². The molecule has 5 heteroatoms. The SMILES string of the molecule is CC(N)C(C)N1CCS(=O)(=O)CC1C. The number of rotatable bonds is 2. The van der Waals surface area contributed by atoms with E-state index >= 15 is 0 Å². The van der Waals surface area contributed by atoms with E-state index in [2.05, 4.69) is 11.8 Å². The second-order valence-electron chi connectivity index (χ2n) is 4.30. The Kier molecular flexibility index (Phi) is 3.55. The van der Waals surface area contributed by atoms with E-state index in [4.69, 9.17) is 5.73 Å². The van der Waals surface area contributed by atoms with Crippen molar-refractivity contribution in [2.45, 2.75) is 38.9 Å². The summed E-state index contributed by atoms with van der Waals surface area (Å²) in [5.41, 5.74) is 5.81. The van der Waals surface area contributed by atoms with Crippen LogP contribution in [0.1, 0.15) is 20.8 Å². The number of sulfone groups is 1. The predicted octanol–water partition coefficient (Wildman–Crippen LogP) is -0.159. The van der Waals surface area contributed by atoms with Gasteiger partial charge in [-0.2, -0.15) is 0 Å². The fourth-order valence-electron chi connectivity index (χ4n) is 1.92. The molecule has 1 aliphatic rings. The maximum absolute atomic E-state index is 11.3. The lowest BCUT2D eigenvalue weighted by molar-refractivity contribution is 0.152. The van der Waals surface area contributed by atoms with Crippen molar-refractivity contribution in [2.75, 3.05) is 18.1 Å². The van der Waals surface area contributed by atoms with Gasteiger partial charge in [-0.05, 0) is 20.8 Å². The molecule has 0 aromatic carbocycles. The van der Waals surface area contributed by atoms with Crippen LogP contribution in [0, 0.1) is 0 Å². The van der Waals surface area contributed by atoms with Gasteiger partial charge in [0.1, 0.15) is 0 Å². The van der Waals surface area contributed by atoms with Gasteiger partial charge in [0.05, 0.1) is 11.5 Å². The van der Waals surface area contributed by atoms with Gasteiger partial charge in [-0.3, -0.25) is 4.90 Å². The summed E-state index contributed by atoms with van der Waals surface area (Å²) in [4.78, 5) is 2.19. The third-order valence-electron chi connectivity index (χ3n) is 3.01. The van der Waals surface area contributed by atoms with E-state index in [1.165, 1.54) is 0 Å². The Morgan fingerprint density at radius 3 is 2.43 bits per heavy atom. The molecular weight excluding hydrogens is 200 g/mol. The van der Waals surface area contributed by atoms with Crippen LogP contribution in [-0.4, -0.2) is 49.5 Å². The molecule has 0 aromatic rings. The third kappa shape index (κ3) is 2.68. The third-order valence-corrected chi connectivity index (χ3v) is 4.80. The predicted molar refractivity (Wildman–Crippen MR) is 57.9 cm³/mol. The average molecular weight is 220 g/mol. The van der Waals surface area contributed by atoms with Gasteiger partial charge in [0, 0.05) is 24.7 Å². The molecule has 84 valence electrons. The molecule has 3 atom stereocenters. The zero-order chi connectivity index (χ0) is 10.9. The van der Waals surface area contributed by atoms with Gasteiger partial charge in [-0.15, -0.1) is 0 Å². The van der Waals surface area contributed by atoms with Crippen molar-refractivity contribution in [2.24, 2.45) is 5.73 Å². The highest BCUT2D eigenvalue weighted by atomic mass is 32.2. The lowest BCUT2D eigenvalue weighted by Crippen LogP contribution is -2.55. The first-order valence-electron chi connectivity index (χ1n) is 5.05. The topological polar surface area (TPSA) is 63.4 Å². The number of nitrogens with zero attached hydrogens (tertiary/aromatic N) is 1. The molecule has 0 radical (unpaired) electrons. The Morgan fingerprint density at radius 2 is 2.00 bits per heavy atom. The monoisotopic (exact) mass is 220 g/mol. The molecule has 0 bridgehead atoms. The molecule has 3 unspecified atom stereocenters. The average Bonchev–Trinajstić information content (AvgIpc) is 2.01. The standard InChI is InChI=1S/C9H20N2O2S/c1-7-6-14(12,13)5-4-11(7)9(3)8(2)10/h7-9H,4-6,10H2,1-3H3. The van der Waals surface area contributed by atoms with Crippen molar-refractivity contribution in [3.05, 3.63) is 0 Å². The first-order chi connectivity index (χ1) is 6.33. The van der Waals surface area contributed by atoms with Crippen LogP contribution < -0.4 is 5.73 Å². The minimum atomic E-state index is -2.81. The number of nitrogens with two attached hydrogens (primary N) is 1. The summed E-state index contributed by atoms with van der Waals surface area (Å²) >= 11 is 0. The van der Waals surface area contributed by atoms with Gasteiger partial charge in [0.15, 0.2) is 9.84 Å². The number of hydrogen-bond donors (Lipinski definition) is 1. The van der Waals surface area contributed by atoms with Gasteiger partial charge in [-0.25, -0.2) is 8.42 Å². The van der Waals surface area contributed by atoms with Gasteiger partial charge in [0.25, 0.3) is 0 Å². The molecule has 4 nitrogen and oxygen atoms in total. The minimum absolute atomic E-state index is 0.0817. The zero-order valence-corrected chi connectivity index (χ0v) is 9.92. The van der Waals surface area contributed by atoms with Gasteiger partial charge in [0.2, 0.25) is 0 Å². The molecule has 0 aromatic heterocycles. The second-order valence-corrected chi connectivity index (χ2v) is 6.53. The summed E-state index contributed by atoms with van der Waals surface area (Å²) < 4.78 is 22.7. The normalized spacial score (nSPS) is 32.4. The van der Waals surface area contributed by atoms with Crippen molar-refractivity contribution in [1.29, 1.82) is 0 Å². The Hall–Kier alpha value is -0.130. The summed E-state index contributed by atoms with van der Waals surface area (Å²) in [5.74, 6) is 0.540. The lowest BCUT2D eigenvalue weighted by Gasteiger charge is -2.39. The summed E-state index contributed by atoms with van der Waals surface area (Å²) in [5, 5.41) is 0. The second kappa shape index (κ2) is 4.16. The first-order valence-corrected chi connectivity index (χ1v) is 6.87. The summed E-state index contributed by atoms with van der Waals surface area (Å²) in [6.45, 7) is 6.58. The Balaban J connectivity index is 2.67. The largest absolute Gasteiger partial charge is 0.327 e. The smallest absolute Gasteiger partial charge is 0.153 e.